The van der Waals surface area contributed by atoms with Gasteiger partial charge in [0.1, 0.15) is 6.33 Å². The molecule has 31 heavy (non-hydrogen) atoms. The van der Waals surface area contributed by atoms with E-state index >= 15 is 0 Å². The summed E-state index contributed by atoms with van der Waals surface area (Å²) in [6.45, 7) is 6.25. The van der Waals surface area contributed by atoms with Gasteiger partial charge >= 0.3 is 0 Å². The Balaban J connectivity index is 0.00000231. The zero-order valence-electron chi connectivity index (χ0n) is 17.8. The molecule has 157 valence electrons. The number of fused-ring (bicyclic) bond motifs is 1. The second kappa shape index (κ2) is 8.22. The number of hydrogen-bond acceptors (Lipinski definition) is 3. The summed E-state index contributed by atoms with van der Waals surface area (Å²) in [6, 6.07) is 22.2. The average molecular weight is 585 g/mol. The van der Waals surface area contributed by atoms with Crippen molar-refractivity contribution >= 4 is 11.0 Å². The molecule has 3 aromatic carbocycles. The summed E-state index contributed by atoms with van der Waals surface area (Å²) in [5, 5.41) is 4.56. The van der Waals surface area contributed by atoms with E-state index in [1.165, 1.54) is 11.1 Å². The Bertz CT molecular complexity index is 1360. The Labute approximate surface area is 195 Å². The van der Waals surface area contributed by atoms with Crippen molar-refractivity contribution in [1.29, 1.82) is 0 Å². The van der Waals surface area contributed by atoms with Crippen LogP contribution >= 0.6 is 0 Å². The molecular formula is C25H22IrN5-. The smallest absolute Gasteiger partial charge is 0.127 e. The molecule has 0 N–H and O–H groups in total. The van der Waals surface area contributed by atoms with Crippen molar-refractivity contribution < 1.29 is 20.1 Å². The fourth-order valence-corrected chi connectivity index (χ4v) is 4.06. The number of nitrogens with zero attached hydrogens (tertiary/aromatic N) is 5. The number of imidazole rings is 1. The third-order valence-corrected chi connectivity index (χ3v) is 5.64. The van der Waals surface area contributed by atoms with Gasteiger partial charge in [0.15, 0.2) is 0 Å². The summed E-state index contributed by atoms with van der Waals surface area (Å²) < 4.78 is 4.00. The van der Waals surface area contributed by atoms with E-state index in [1.54, 1.807) is 6.33 Å². The van der Waals surface area contributed by atoms with Gasteiger partial charge in [0.2, 0.25) is 0 Å². The topological polar surface area (TPSA) is 48.5 Å². The predicted molar refractivity (Wildman–Crippen MR) is 120 cm³/mol. The van der Waals surface area contributed by atoms with Crippen LogP contribution in [0.4, 0.5) is 0 Å². The van der Waals surface area contributed by atoms with Crippen LogP contribution in [-0.4, -0.2) is 24.3 Å². The molecule has 5 rings (SSSR count). The Morgan fingerprint density at radius 3 is 2.32 bits per heavy atom. The zero-order valence-corrected chi connectivity index (χ0v) is 20.2. The third-order valence-electron chi connectivity index (χ3n) is 5.64. The van der Waals surface area contributed by atoms with Gasteiger partial charge in [-0.1, -0.05) is 30.3 Å². The molecule has 0 unspecified atom stereocenters. The summed E-state index contributed by atoms with van der Waals surface area (Å²) in [7, 11) is 2.02. The van der Waals surface area contributed by atoms with Gasteiger partial charge in [-0.05, 0) is 60.7 Å². The molecule has 0 aliphatic carbocycles. The molecule has 2 aromatic heterocycles. The monoisotopic (exact) mass is 585 g/mol. The molecule has 5 aromatic rings. The van der Waals surface area contributed by atoms with Crippen molar-refractivity contribution in [2.45, 2.75) is 20.8 Å². The molecule has 0 saturated carbocycles. The average Bonchev–Trinajstić information content (AvgIpc) is 3.33. The molecule has 5 nitrogen and oxygen atoms in total. The van der Waals surface area contributed by atoms with E-state index in [4.69, 9.17) is 0 Å². The molecule has 0 spiro atoms. The van der Waals surface area contributed by atoms with Gasteiger partial charge in [0.05, 0.1) is 17.3 Å². The van der Waals surface area contributed by atoms with E-state index in [2.05, 4.69) is 82.0 Å². The minimum atomic E-state index is 0. The van der Waals surface area contributed by atoms with E-state index in [0.29, 0.717) is 0 Å². The number of rotatable bonds is 3. The summed E-state index contributed by atoms with van der Waals surface area (Å²) in [6.07, 6.45) is 1.60. The van der Waals surface area contributed by atoms with Crippen LogP contribution in [-0.2, 0) is 27.2 Å². The first-order valence-corrected chi connectivity index (χ1v) is 9.95. The van der Waals surface area contributed by atoms with Gasteiger partial charge in [-0.15, -0.1) is 23.8 Å². The fourth-order valence-electron chi connectivity index (χ4n) is 4.06. The van der Waals surface area contributed by atoms with Gasteiger partial charge in [-0.3, -0.25) is 14.6 Å². The van der Waals surface area contributed by atoms with Crippen molar-refractivity contribution in [1.82, 2.24) is 24.3 Å². The molecular weight excluding hydrogens is 563 g/mol. The Morgan fingerprint density at radius 1 is 0.903 bits per heavy atom. The van der Waals surface area contributed by atoms with Crippen molar-refractivity contribution in [2.75, 3.05) is 0 Å². The summed E-state index contributed by atoms with van der Waals surface area (Å²) >= 11 is 0. The number of aromatic nitrogens is 5. The van der Waals surface area contributed by atoms with Crippen LogP contribution in [0.3, 0.4) is 0 Å². The van der Waals surface area contributed by atoms with Crippen LogP contribution in [0.15, 0.2) is 60.9 Å². The number of aryl methyl sites for hydroxylation is 4. The van der Waals surface area contributed by atoms with E-state index in [-0.39, 0.29) is 20.1 Å². The summed E-state index contributed by atoms with van der Waals surface area (Å²) in [4.78, 5) is 9.13. The van der Waals surface area contributed by atoms with Gasteiger partial charge in [0.25, 0.3) is 0 Å². The first-order chi connectivity index (χ1) is 14.5. The van der Waals surface area contributed by atoms with Crippen molar-refractivity contribution in [3.05, 3.63) is 83.9 Å². The minimum absolute atomic E-state index is 0. The second-order valence-electron chi connectivity index (χ2n) is 7.66. The molecule has 0 atom stereocenters. The fraction of sp³-hybridized carbons (Fsp3) is 0.160. The van der Waals surface area contributed by atoms with Gasteiger partial charge in [-0.25, -0.2) is 0 Å². The van der Waals surface area contributed by atoms with Crippen LogP contribution in [0.5, 0.6) is 0 Å². The molecule has 0 saturated heterocycles. The van der Waals surface area contributed by atoms with Crippen LogP contribution in [0.1, 0.15) is 17.0 Å². The second-order valence-corrected chi connectivity index (χ2v) is 7.66. The molecule has 0 aliphatic rings. The molecule has 0 aliphatic heterocycles. The van der Waals surface area contributed by atoms with Crippen molar-refractivity contribution in [3.8, 4) is 28.2 Å². The summed E-state index contributed by atoms with van der Waals surface area (Å²) in [5.74, 6) is 1.75. The Hall–Kier alpha value is -3.08. The molecule has 0 fully saturated rings. The first-order valence-electron chi connectivity index (χ1n) is 9.95. The van der Waals surface area contributed by atoms with E-state index < -0.39 is 0 Å². The van der Waals surface area contributed by atoms with E-state index in [1.807, 2.05) is 30.8 Å². The predicted octanol–water partition coefficient (Wildman–Crippen LogP) is 5.21. The van der Waals surface area contributed by atoms with Crippen LogP contribution < -0.4 is 0 Å². The van der Waals surface area contributed by atoms with Crippen molar-refractivity contribution in [3.63, 3.8) is 0 Å². The first kappa shape index (κ1) is 21.2. The van der Waals surface area contributed by atoms with Gasteiger partial charge in [-0.2, -0.15) is 5.10 Å². The largest absolute Gasteiger partial charge is 0.349 e. The quantitative estimate of drug-likeness (QED) is 0.274. The van der Waals surface area contributed by atoms with Crippen molar-refractivity contribution in [2.24, 2.45) is 7.05 Å². The summed E-state index contributed by atoms with van der Waals surface area (Å²) in [5.41, 5.74) is 8.66. The maximum Gasteiger partial charge on any atom is 0.127 e. The molecule has 0 bridgehead atoms. The maximum absolute atomic E-state index is 4.57. The zero-order chi connectivity index (χ0) is 20.8. The number of benzene rings is 3. The molecule has 2 heterocycles. The molecule has 1 radical (unpaired) electrons. The maximum atomic E-state index is 4.57. The van der Waals surface area contributed by atoms with Gasteiger partial charge in [0, 0.05) is 32.7 Å². The van der Waals surface area contributed by atoms with Crippen LogP contribution in [0, 0.1) is 26.8 Å². The third kappa shape index (κ3) is 3.62. The van der Waals surface area contributed by atoms with E-state index in [0.717, 1.165) is 45.1 Å². The Kier molecular flexibility index (Phi) is 5.61. The van der Waals surface area contributed by atoms with Gasteiger partial charge < -0.3 is 4.57 Å². The standard InChI is InChI=1S/C25H22N5.Ir/c1-16-12-21(19-8-6-5-7-9-19)13-17(2)24(16)30-25(26-15-27-30)20-10-11-22-23(14-20)29(4)18(3)28-22;/h5-9,11-15H,1-4H3;/q-1;. The minimum Gasteiger partial charge on any atom is -0.349 e. The van der Waals surface area contributed by atoms with Crippen LogP contribution in [0.2, 0.25) is 0 Å². The molecule has 6 heteroatoms. The number of hydrogen-bond donors (Lipinski definition) is 0. The van der Waals surface area contributed by atoms with Crippen LogP contribution in [0.25, 0.3) is 39.2 Å². The van der Waals surface area contributed by atoms with E-state index in [9.17, 15) is 0 Å². The normalized spacial score (nSPS) is 11.0. The Morgan fingerprint density at radius 2 is 1.61 bits per heavy atom. The SMILES string of the molecule is Cc1cc(-c2ccccc2)cc(C)c1-n1ncnc1-c1[c-]cc2nc(C)n(C)c2c1.[Ir]. The molecule has 0 amide bonds.